The lowest BCUT2D eigenvalue weighted by Gasteiger charge is -2.22. The van der Waals surface area contributed by atoms with E-state index >= 15 is 0 Å². The molecule has 0 aliphatic carbocycles. The van der Waals surface area contributed by atoms with Crippen LogP contribution in [0.25, 0.3) is 89.2 Å². The molecule has 3 heteroatoms. The summed E-state index contributed by atoms with van der Waals surface area (Å²) in [6.07, 6.45) is 0. The highest BCUT2D eigenvalue weighted by Crippen LogP contribution is 2.48. The Balaban J connectivity index is 1.16. The predicted octanol–water partition coefficient (Wildman–Crippen LogP) is 13.4. The first-order valence-corrected chi connectivity index (χ1v) is 17.9. The number of rotatable bonds is 6. The molecular weight excluding hydrogens is 645 g/mol. The number of nitrogens with zero attached hydrogens (tertiary/aromatic N) is 2. The molecule has 0 N–H and O–H groups in total. The maximum atomic E-state index is 6.46. The molecule has 1 aromatic heterocycles. The van der Waals surface area contributed by atoms with Gasteiger partial charge >= 0.3 is 0 Å². The Morgan fingerprint density at radius 1 is 0.302 bits per heavy atom. The Kier molecular flexibility index (Phi) is 7.47. The summed E-state index contributed by atoms with van der Waals surface area (Å²) in [6, 6.07) is 68.1. The fourth-order valence-corrected chi connectivity index (χ4v) is 7.43. The molecule has 0 saturated heterocycles. The van der Waals surface area contributed by atoms with E-state index in [4.69, 9.17) is 14.7 Å². The first kappa shape index (κ1) is 30.7. The van der Waals surface area contributed by atoms with Gasteiger partial charge in [-0.25, -0.2) is 9.97 Å². The van der Waals surface area contributed by atoms with E-state index in [1.165, 1.54) is 16.5 Å². The van der Waals surface area contributed by atoms with Gasteiger partial charge in [0.15, 0.2) is 5.82 Å². The van der Waals surface area contributed by atoms with E-state index in [0.29, 0.717) is 5.82 Å². The Morgan fingerprint density at radius 3 is 1.57 bits per heavy atom. The molecule has 2 heterocycles. The lowest BCUT2D eigenvalue weighted by molar-refractivity contribution is 0.487. The van der Waals surface area contributed by atoms with Gasteiger partial charge < -0.3 is 4.74 Å². The molecule has 248 valence electrons. The van der Waals surface area contributed by atoms with Gasteiger partial charge in [0.05, 0.1) is 11.4 Å². The van der Waals surface area contributed by atoms with Crippen molar-refractivity contribution in [2.24, 2.45) is 0 Å². The van der Waals surface area contributed by atoms with Crippen molar-refractivity contribution < 1.29 is 4.74 Å². The van der Waals surface area contributed by atoms with Crippen molar-refractivity contribution in [3.05, 3.63) is 194 Å². The molecule has 0 unspecified atom stereocenters. The molecule has 0 atom stereocenters. The van der Waals surface area contributed by atoms with Crippen LogP contribution in [0.3, 0.4) is 0 Å². The summed E-state index contributed by atoms with van der Waals surface area (Å²) in [5.41, 5.74) is 13.8. The standard InChI is InChI=1S/C50H32N2O/c1-4-13-33(14-5-1)37-21-10-22-39(27-37)45-32-46(52-50(51-45)36-17-8-3-9-18-36)42-29-40(34-15-6-2-7-16-34)28-41(30-42)38-25-26-47-44(31-38)43-23-11-19-35-20-12-24-48(53-47)49(35)43/h1-32H. The molecule has 0 amide bonds. The fraction of sp³-hybridized carbons (Fsp3) is 0. The van der Waals surface area contributed by atoms with Crippen LogP contribution >= 0.6 is 0 Å². The second-order valence-corrected chi connectivity index (χ2v) is 13.4. The molecule has 3 nitrogen and oxygen atoms in total. The summed E-state index contributed by atoms with van der Waals surface area (Å²) in [6.45, 7) is 0. The van der Waals surface area contributed by atoms with Crippen molar-refractivity contribution in [2.45, 2.75) is 0 Å². The highest BCUT2D eigenvalue weighted by Gasteiger charge is 2.21. The first-order chi connectivity index (χ1) is 26.2. The third-order valence-corrected chi connectivity index (χ3v) is 10.0. The third-order valence-electron chi connectivity index (χ3n) is 10.0. The van der Waals surface area contributed by atoms with Gasteiger partial charge in [0.25, 0.3) is 0 Å². The molecule has 10 rings (SSSR count). The molecule has 1 aliphatic heterocycles. The van der Waals surface area contributed by atoms with E-state index in [1.807, 2.05) is 24.3 Å². The summed E-state index contributed by atoms with van der Waals surface area (Å²) in [7, 11) is 0. The molecule has 0 radical (unpaired) electrons. The van der Waals surface area contributed by atoms with Gasteiger partial charge in [-0.3, -0.25) is 0 Å². The highest BCUT2D eigenvalue weighted by molar-refractivity contribution is 6.04. The van der Waals surface area contributed by atoms with Crippen LogP contribution in [0.1, 0.15) is 0 Å². The Hall–Kier alpha value is -7.10. The van der Waals surface area contributed by atoms with Gasteiger partial charge in [-0.1, -0.05) is 146 Å². The second kappa shape index (κ2) is 12.9. The van der Waals surface area contributed by atoms with E-state index < -0.39 is 0 Å². The van der Waals surface area contributed by atoms with Gasteiger partial charge in [-0.2, -0.15) is 0 Å². The average Bonchev–Trinajstić information content (AvgIpc) is 3.24. The summed E-state index contributed by atoms with van der Waals surface area (Å²) in [5, 5.41) is 2.32. The number of hydrogen-bond acceptors (Lipinski definition) is 3. The minimum atomic E-state index is 0.688. The number of hydrogen-bond donors (Lipinski definition) is 0. The molecule has 1 aliphatic rings. The number of aromatic nitrogens is 2. The molecule has 0 fully saturated rings. The molecule has 0 saturated carbocycles. The van der Waals surface area contributed by atoms with E-state index in [1.54, 1.807) is 0 Å². The van der Waals surface area contributed by atoms with Crippen molar-refractivity contribution in [3.63, 3.8) is 0 Å². The van der Waals surface area contributed by atoms with E-state index in [9.17, 15) is 0 Å². The van der Waals surface area contributed by atoms with Crippen LogP contribution < -0.4 is 4.74 Å². The van der Waals surface area contributed by atoms with E-state index in [2.05, 4.69) is 170 Å². The summed E-state index contributed by atoms with van der Waals surface area (Å²) in [4.78, 5) is 10.4. The molecule has 8 aromatic carbocycles. The second-order valence-electron chi connectivity index (χ2n) is 13.4. The smallest absolute Gasteiger partial charge is 0.160 e. The molecule has 0 spiro atoms. The molecule has 9 aromatic rings. The minimum Gasteiger partial charge on any atom is -0.456 e. The predicted molar refractivity (Wildman–Crippen MR) is 218 cm³/mol. The van der Waals surface area contributed by atoms with Crippen molar-refractivity contribution >= 4 is 10.8 Å². The average molecular weight is 677 g/mol. The first-order valence-electron chi connectivity index (χ1n) is 17.9. The van der Waals surface area contributed by atoms with Crippen LogP contribution in [-0.4, -0.2) is 9.97 Å². The lowest BCUT2D eigenvalue weighted by atomic mass is 9.90. The summed E-state index contributed by atoms with van der Waals surface area (Å²) >= 11 is 0. The topological polar surface area (TPSA) is 35.0 Å². The van der Waals surface area contributed by atoms with Gasteiger partial charge in [0.2, 0.25) is 0 Å². The van der Waals surface area contributed by atoms with Gasteiger partial charge in [0, 0.05) is 27.6 Å². The zero-order valence-electron chi connectivity index (χ0n) is 28.8. The number of ether oxygens (including phenoxy) is 1. The molecule has 0 bridgehead atoms. The molecular formula is C50H32N2O. The number of fused-ring (bicyclic) bond motifs is 2. The number of benzene rings is 8. The van der Waals surface area contributed by atoms with Crippen LogP contribution in [0.5, 0.6) is 11.5 Å². The summed E-state index contributed by atoms with van der Waals surface area (Å²) < 4.78 is 6.46. The maximum absolute atomic E-state index is 6.46. The van der Waals surface area contributed by atoms with Crippen LogP contribution in [-0.2, 0) is 0 Å². The van der Waals surface area contributed by atoms with Crippen molar-refractivity contribution in [3.8, 4) is 89.9 Å². The fourth-order valence-electron chi connectivity index (χ4n) is 7.43. The van der Waals surface area contributed by atoms with Gasteiger partial charge in [0.1, 0.15) is 11.5 Å². The zero-order valence-corrected chi connectivity index (χ0v) is 28.8. The Labute approximate surface area is 308 Å². The van der Waals surface area contributed by atoms with E-state index in [0.717, 1.165) is 78.3 Å². The van der Waals surface area contributed by atoms with Crippen LogP contribution in [0.4, 0.5) is 0 Å². The Bertz CT molecular complexity index is 2790. The maximum Gasteiger partial charge on any atom is 0.160 e. The highest BCUT2D eigenvalue weighted by atomic mass is 16.5. The van der Waals surface area contributed by atoms with Gasteiger partial charge in [-0.15, -0.1) is 0 Å². The van der Waals surface area contributed by atoms with Crippen molar-refractivity contribution in [2.75, 3.05) is 0 Å². The minimum absolute atomic E-state index is 0.688. The monoisotopic (exact) mass is 676 g/mol. The van der Waals surface area contributed by atoms with E-state index in [-0.39, 0.29) is 0 Å². The van der Waals surface area contributed by atoms with Crippen LogP contribution in [0, 0.1) is 0 Å². The summed E-state index contributed by atoms with van der Waals surface area (Å²) in [5.74, 6) is 2.45. The zero-order chi connectivity index (χ0) is 35.1. The van der Waals surface area contributed by atoms with Gasteiger partial charge in [-0.05, 0) is 92.9 Å². The SMILES string of the molecule is c1ccc(-c2cccc(-c3cc(-c4cc(-c5ccccc5)cc(-c5ccc6c(c5)-c5cccc7cccc(c57)O6)c4)nc(-c4ccccc4)n3)c2)cc1. The Morgan fingerprint density at radius 2 is 0.830 bits per heavy atom. The quantitative estimate of drug-likeness (QED) is 0.176. The van der Waals surface area contributed by atoms with Crippen molar-refractivity contribution in [1.29, 1.82) is 0 Å². The molecule has 53 heavy (non-hydrogen) atoms. The normalized spacial score (nSPS) is 11.5. The van der Waals surface area contributed by atoms with Crippen LogP contribution in [0.15, 0.2) is 194 Å². The van der Waals surface area contributed by atoms with Crippen molar-refractivity contribution in [1.82, 2.24) is 9.97 Å². The van der Waals surface area contributed by atoms with Crippen LogP contribution in [0.2, 0.25) is 0 Å². The largest absolute Gasteiger partial charge is 0.456 e. The third kappa shape index (κ3) is 5.75. The lowest BCUT2D eigenvalue weighted by Crippen LogP contribution is -1.98.